The van der Waals surface area contributed by atoms with E-state index in [-0.39, 0.29) is 28.1 Å². The first-order valence-corrected chi connectivity index (χ1v) is 8.39. The van der Waals surface area contributed by atoms with Crippen molar-refractivity contribution in [1.82, 2.24) is 19.2 Å². The fourth-order valence-electron chi connectivity index (χ4n) is 2.81. The van der Waals surface area contributed by atoms with Crippen LogP contribution in [0.3, 0.4) is 0 Å². The molecule has 27 heavy (non-hydrogen) atoms. The first kappa shape index (κ1) is 17.2. The molecular formula is C18H12ClFN4O3. The number of carbonyl (C=O) groups is 1. The molecule has 3 heterocycles. The zero-order valence-corrected chi connectivity index (χ0v) is 14.8. The highest BCUT2D eigenvalue weighted by Gasteiger charge is 2.17. The topological polar surface area (TPSA) is 78.5 Å². The van der Waals surface area contributed by atoms with Crippen molar-refractivity contribution < 1.29 is 13.9 Å². The number of carbonyl (C=O) groups excluding carboxylic acids is 1. The van der Waals surface area contributed by atoms with Crippen LogP contribution in [0.15, 0.2) is 47.7 Å². The lowest BCUT2D eigenvalue weighted by Gasteiger charge is -2.09. The van der Waals surface area contributed by atoms with Crippen LogP contribution in [-0.4, -0.2) is 31.7 Å². The summed E-state index contributed by atoms with van der Waals surface area (Å²) in [5.74, 6) is -1.10. The summed E-state index contributed by atoms with van der Waals surface area (Å²) in [6.45, 7) is 1.94. The molecule has 0 aliphatic heterocycles. The molecule has 0 fully saturated rings. The molecule has 0 aliphatic rings. The van der Waals surface area contributed by atoms with Gasteiger partial charge in [-0.25, -0.2) is 18.7 Å². The predicted octanol–water partition coefficient (Wildman–Crippen LogP) is 3.00. The van der Waals surface area contributed by atoms with E-state index in [1.807, 2.05) is 0 Å². The fraction of sp³-hybridized carbons (Fsp3) is 0.111. The molecule has 0 saturated heterocycles. The Morgan fingerprint density at radius 3 is 2.85 bits per heavy atom. The van der Waals surface area contributed by atoms with Crippen molar-refractivity contribution in [3.8, 4) is 5.69 Å². The minimum Gasteiger partial charge on any atom is -0.462 e. The molecule has 0 saturated carbocycles. The van der Waals surface area contributed by atoms with Crippen molar-refractivity contribution in [1.29, 1.82) is 0 Å². The van der Waals surface area contributed by atoms with Crippen LogP contribution in [0.4, 0.5) is 4.39 Å². The Kier molecular flexibility index (Phi) is 4.12. The minimum absolute atomic E-state index is 0.0840. The molecule has 0 spiro atoms. The van der Waals surface area contributed by atoms with Crippen molar-refractivity contribution >= 4 is 34.1 Å². The van der Waals surface area contributed by atoms with E-state index in [2.05, 4.69) is 10.1 Å². The molecule has 9 heteroatoms. The van der Waals surface area contributed by atoms with Crippen molar-refractivity contribution in [2.45, 2.75) is 6.92 Å². The molecule has 4 rings (SSSR count). The molecule has 4 aromatic rings. The summed E-state index contributed by atoms with van der Waals surface area (Å²) < 4.78 is 21.1. The third kappa shape index (κ3) is 2.74. The molecular weight excluding hydrogens is 375 g/mol. The smallest absolute Gasteiger partial charge is 0.343 e. The van der Waals surface area contributed by atoms with E-state index < -0.39 is 11.8 Å². The van der Waals surface area contributed by atoms with Crippen molar-refractivity contribution in [2.75, 3.05) is 6.61 Å². The van der Waals surface area contributed by atoms with E-state index in [4.69, 9.17) is 16.3 Å². The molecule has 0 unspecified atom stereocenters. The van der Waals surface area contributed by atoms with E-state index >= 15 is 0 Å². The number of esters is 1. The molecule has 7 nitrogen and oxygen atoms in total. The van der Waals surface area contributed by atoms with Gasteiger partial charge in [0, 0.05) is 12.4 Å². The van der Waals surface area contributed by atoms with E-state index in [0.29, 0.717) is 16.9 Å². The lowest BCUT2D eigenvalue weighted by atomic mass is 10.2. The minimum atomic E-state index is -0.569. The number of halogens is 2. The average molecular weight is 387 g/mol. The molecule has 0 radical (unpaired) electrons. The van der Waals surface area contributed by atoms with Gasteiger partial charge in [0.05, 0.1) is 34.4 Å². The third-order valence-electron chi connectivity index (χ3n) is 4.07. The predicted molar refractivity (Wildman–Crippen MR) is 97.0 cm³/mol. The molecule has 0 amide bonds. The lowest BCUT2D eigenvalue weighted by Crippen LogP contribution is -2.19. The first-order valence-electron chi connectivity index (χ1n) is 8.02. The van der Waals surface area contributed by atoms with Gasteiger partial charge in [0.25, 0.3) is 5.56 Å². The van der Waals surface area contributed by atoms with E-state index in [0.717, 1.165) is 0 Å². The van der Waals surface area contributed by atoms with Gasteiger partial charge in [0.1, 0.15) is 11.4 Å². The van der Waals surface area contributed by atoms with Gasteiger partial charge >= 0.3 is 5.97 Å². The number of hydrogen-bond acceptors (Lipinski definition) is 5. The number of ether oxygens (including phenoxy) is 1. The highest BCUT2D eigenvalue weighted by molar-refractivity contribution is 6.30. The lowest BCUT2D eigenvalue weighted by molar-refractivity contribution is 0.0528. The van der Waals surface area contributed by atoms with Crippen LogP contribution >= 0.6 is 11.6 Å². The van der Waals surface area contributed by atoms with Crippen LogP contribution in [0, 0.1) is 5.82 Å². The van der Waals surface area contributed by atoms with Gasteiger partial charge in [-0.15, -0.1) is 0 Å². The Morgan fingerprint density at radius 2 is 2.11 bits per heavy atom. The summed E-state index contributed by atoms with van der Waals surface area (Å²) in [4.78, 5) is 29.1. The van der Waals surface area contributed by atoms with Crippen LogP contribution < -0.4 is 5.56 Å². The van der Waals surface area contributed by atoms with Gasteiger partial charge in [0.2, 0.25) is 0 Å². The highest BCUT2D eigenvalue weighted by atomic mass is 35.5. The summed E-state index contributed by atoms with van der Waals surface area (Å²) in [7, 11) is 0. The maximum atomic E-state index is 13.4. The normalized spacial score (nSPS) is 11.2. The van der Waals surface area contributed by atoms with Crippen LogP contribution in [-0.2, 0) is 4.74 Å². The monoisotopic (exact) mass is 386 g/mol. The maximum absolute atomic E-state index is 13.4. The number of rotatable bonds is 3. The highest BCUT2D eigenvalue weighted by Crippen LogP contribution is 2.20. The van der Waals surface area contributed by atoms with Crippen molar-refractivity contribution in [3.05, 3.63) is 69.6 Å². The zero-order valence-electron chi connectivity index (χ0n) is 14.0. The maximum Gasteiger partial charge on any atom is 0.343 e. The fourth-order valence-corrected chi connectivity index (χ4v) is 2.98. The average Bonchev–Trinajstić information content (AvgIpc) is 3.09. The Morgan fingerprint density at radius 1 is 1.30 bits per heavy atom. The Balaban J connectivity index is 1.92. The van der Waals surface area contributed by atoms with E-state index in [9.17, 15) is 14.0 Å². The van der Waals surface area contributed by atoms with Crippen LogP contribution in [0.1, 0.15) is 17.3 Å². The second-order valence-corrected chi connectivity index (χ2v) is 6.07. The first-order chi connectivity index (χ1) is 13.0. The largest absolute Gasteiger partial charge is 0.462 e. The number of benzene rings is 1. The van der Waals surface area contributed by atoms with Gasteiger partial charge < -0.3 is 4.74 Å². The van der Waals surface area contributed by atoms with Gasteiger partial charge in [-0.05, 0) is 31.2 Å². The SMILES string of the molecule is CCOC(=O)c1cnn2c1ncc1c(=O)n(-c3ccc(F)c(Cl)c3)ccc12. The summed E-state index contributed by atoms with van der Waals surface area (Å²) in [6, 6.07) is 5.66. The Bertz CT molecular complexity index is 1260. The van der Waals surface area contributed by atoms with Crippen molar-refractivity contribution in [2.24, 2.45) is 0 Å². The number of aromatic nitrogens is 4. The number of hydrogen-bond donors (Lipinski definition) is 0. The molecule has 0 atom stereocenters. The Labute approximate surface area is 156 Å². The van der Waals surface area contributed by atoms with Gasteiger partial charge in [-0.2, -0.15) is 5.10 Å². The summed E-state index contributed by atoms with van der Waals surface area (Å²) >= 11 is 5.81. The summed E-state index contributed by atoms with van der Waals surface area (Å²) in [5.41, 5.74) is 1.03. The number of pyridine rings is 1. The molecule has 3 aromatic heterocycles. The van der Waals surface area contributed by atoms with Gasteiger partial charge in [0.15, 0.2) is 5.65 Å². The Hall–Kier alpha value is -3.26. The number of fused-ring (bicyclic) bond motifs is 3. The van der Waals surface area contributed by atoms with Crippen LogP contribution in [0.2, 0.25) is 5.02 Å². The van der Waals surface area contributed by atoms with E-state index in [1.54, 1.807) is 13.0 Å². The second-order valence-electron chi connectivity index (χ2n) is 5.66. The van der Waals surface area contributed by atoms with Crippen LogP contribution in [0.5, 0.6) is 0 Å². The summed E-state index contributed by atoms with van der Waals surface area (Å²) in [6.07, 6.45) is 4.25. The van der Waals surface area contributed by atoms with Crippen molar-refractivity contribution in [3.63, 3.8) is 0 Å². The number of nitrogens with zero attached hydrogens (tertiary/aromatic N) is 4. The van der Waals surface area contributed by atoms with E-state index in [1.165, 1.54) is 45.9 Å². The third-order valence-corrected chi connectivity index (χ3v) is 4.36. The van der Waals surface area contributed by atoms with Gasteiger partial charge in [-0.1, -0.05) is 11.6 Å². The molecule has 0 bridgehead atoms. The quantitative estimate of drug-likeness (QED) is 0.506. The second kappa shape index (κ2) is 6.48. The molecule has 1 aromatic carbocycles. The molecule has 0 aliphatic carbocycles. The van der Waals surface area contributed by atoms with Crippen LogP contribution in [0.25, 0.3) is 22.2 Å². The summed E-state index contributed by atoms with van der Waals surface area (Å²) in [5, 5.41) is 4.35. The zero-order chi connectivity index (χ0) is 19.1. The molecule has 0 N–H and O–H groups in total. The molecule has 136 valence electrons. The van der Waals surface area contributed by atoms with Gasteiger partial charge in [-0.3, -0.25) is 9.36 Å². The standard InChI is InChI=1S/C18H12ClFN4O3/c1-2-27-18(26)12-9-22-24-15-5-6-23(10-3-4-14(20)13(19)7-10)17(25)11(15)8-21-16(12)24/h3-9H,2H2,1H3.